The van der Waals surface area contributed by atoms with Crippen molar-refractivity contribution in [3.63, 3.8) is 0 Å². The monoisotopic (exact) mass is 287 g/mol. The van der Waals surface area contributed by atoms with Gasteiger partial charge in [0.1, 0.15) is 5.82 Å². The highest BCUT2D eigenvalue weighted by Crippen LogP contribution is 2.28. The molecule has 0 radical (unpaired) electrons. The summed E-state index contributed by atoms with van der Waals surface area (Å²) in [6.07, 6.45) is 4.82. The molecule has 0 N–H and O–H groups in total. The van der Waals surface area contributed by atoms with Crippen LogP contribution in [0.25, 0.3) is 5.52 Å². The van der Waals surface area contributed by atoms with Crippen LogP contribution in [0.4, 0.5) is 0 Å². The summed E-state index contributed by atoms with van der Waals surface area (Å²) in [5.74, 6) is 1.15. The molecule has 0 bridgehead atoms. The van der Waals surface area contributed by atoms with E-state index in [9.17, 15) is 4.79 Å². The molecule has 1 saturated heterocycles. The summed E-state index contributed by atoms with van der Waals surface area (Å²) in [6.45, 7) is 6.58. The first-order valence-electron chi connectivity index (χ1n) is 7.39. The normalized spacial score (nSPS) is 19.5. The predicted octanol–water partition coefficient (Wildman–Crippen LogP) is 2.32. The predicted molar refractivity (Wildman–Crippen MR) is 80.6 cm³/mol. The number of methoxy groups -OCH3 is 1. The summed E-state index contributed by atoms with van der Waals surface area (Å²) in [7, 11) is 1.40. The Morgan fingerprint density at radius 3 is 2.90 bits per heavy atom. The van der Waals surface area contributed by atoms with Crippen LogP contribution in [-0.4, -0.2) is 46.5 Å². The minimum absolute atomic E-state index is 0.313. The smallest absolute Gasteiger partial charge is 0.339 e. The minimum atomic E-state index is -0.313. The molecule has 1 unspecified atom stereocenters. The van der Waals surface area contributed by atoms with Crippen molar-refractivity contribution in [2.75, 3.05) is 20.2 Å². The molecule has 21 heavy (non-hydrogen) atoms. The lowest BCUT2D eigenvalue weighted by Crippen LogP contribution is -2.28. The summed E-state index contributed by atoms with van der Waals surface area (Å²) in [6, 6.07) is 4.26. The molecule has 0 saturated carbocycles. The second-order valence-electron chi connectivity index (χ2n) is 5.89. The van der Waals surface area contributed by atoms with Crippen LogP contribution in [0.2, 0.25) is 0 Å². The van der Waals surface area contributed by atoms with Gasteiger partial charge in [0.15, 0.2) is 0 Å². The molecule has 1 aliphatic heterocycles. The highest BCUT2D eigenvalue weighted by molar-refractivity contribution is 5.89. The quantitative estimate of drug-likeness (QED) is 0.813. The zero-order chi connectivity index (χ0) is 15.0. The molecule has 0 aromatic carbocycles. The van der Waals surface area contributed by atoms with Gasteiger partial charge in [-0.3, -0.25) is 0 Å². The lowest BCUT2D eigenvalue weighted by molar-refractivity contribution is 0.0600. The molecular weight excluding hydrogens is 266 g/mol. The largest absolute Gasteiger partial charge is 0.465 e. The fraction of sp³-hybridized carbons (Fsp3) is 0.500. The maximum Gasteiger partial charge on any atom is 0.339 e. The third-order valence-electron chi connectivity index (χ3n) is 4.29. The molecule has 2 aromatic heterocycles. The van der Waals surface area contributed by atoms with Crippen molar-refractivity contribution in [3.8, 4) is 0 Å². The molecule has 5 heteroatoms. The highest BCUT2D eigenvalue weighted by atomic mass is 16.5. The van der Waals surface area contributed by atoms with E-state index < -0.39 is 0 Å². The van der Waals surface area contributed by atoms with Crippen LogP contribution in [0, 0.1) is 0 Å². The van der Waals surface area contributed by atoms with Crippen LogP contribution in [0.5, 0.6) is 0 Å². The Kier molecular flexibility index (Phi) is 3.68. The number of rotatable bonds is 3. The Bertz CT molecular complexity index is 663. The lowest BCUT2D eigenvalue weighted by atomic mass is 10.1. The zero-order valence-electron chi connectivity index (χ0n) is 12.7. The van der Waals surface area contributed by atoms with E-state index in [1.165, 1.54) is 7.11 Å². The average molecular weight is 287 g/mol. The first-order valence-corrected chi connectivity index (χ1v) is 7.39. The van der Waals surface area contributed by atoms with E-state index in [2.05, 4.69) is 23.7 Å². The molecule has 3 rings (SSSR count). The third-order valence-corrected chi connectivity index (χ3v) is 4.29. The number of imidazole rings is 1. The van der Waals surface area contributed by atoms with Crippen LogP contribution >= 0.6 is 0 Å². The van der Waals surface area contributed by atoms with Gasteiger partial charge in [-0.25, -0.2) is 9.78 Å². The summed E-state index contributed by atoms with van der Waals surface area (Å²) < 4.78 is 6.82. The van der Waals surface area contributed by atoms with E-state index in [1.807, 2.05) is 22.9 Å². The van der Waals surface area contributed by atoms with Crippen LogP contribution < -0.4 is 0 Å². The number of likely N-dealkylation sites (tertiary alicyclic amines) is 1. The Morgan fingerprint density at radius 1 is 1.43 bits per heavy atom. The van der Waals surface area contributed by atoms with Gasteiger partial charge < -0.3 is 14.0 Å². The third kappa shape index (κ3) is 2.53. The Hall–Kier alpha value is -1.88. The van der Waals surface area contributed by atoms with E-state index in [4.69, 9.17) is 4.74 Å². The molecule has 0 aliphatic carbocycles. The van der Waals surface area contributed by atoms with Gasteiger partial charge >= 0.3 is 5.97 Å². The van der Waals surface area contributed by atoms with Gasteiger partial charge in [-0.1, -0.05) is 0 Å². The van der Waals surface area contributed by atoms with Crippen LogP contribution in [0.3, 0.4) is 0 Å². The number of pyridine rings is 1. The standard InChI is InChI=1S/C16H21N3O2/c1-11(2)18-7-6-12(9-18)15-17-8-14-5-4-13(10-19(14)15)16(20)21-3/h4-5,8,10-12H,6-7,9H2,1-3H3. The van der Waals surface area contributed by atoms with E-state index in [1.54, 1.807) is 6.07 Å². The van der Waals surface area contributed by atoms with Crippen molar-refractivity contribution in [2.45, 2.75) is 32.2 Å². The van der Waals surface area contributed by atoms with Crippen molar-refractivity contribution in [2.24, 2.45) is 0 Å². The van der Waals surface area contributed by atoms with Gasteiger partial charge in [0.25, 0.3) is 0 Å². The van der Waals surface area contributed by atoms with Gasteiger partial charge in [0.05, 0.1) is 24.4 Å². The zero-order valence-corrected chi connectivity index (χ0v) is 12.7. The SMILES string of the molecule is COC(=O)c1ccc2cnc(C3CCN(C(C)C)C3)n2c1. The number of carbonyl (C=O) groups is 1. The van der Waals surface area contributed by atoms with E-state index in [-0.39, 0.29) is 5.97 Å². The number of nitrogens with zero attached hydrogens (tertiary/aromatic N) is 3. The molecular formula is C16H21N3O2. The number of esters is 1. The molecule has 1 fully saturated rings. The molecule has 3 heterocycles. The van der Waals surface area contributed by atoms with Gasteiger partial charge in [-0.2, -0.15) is 0 Å². The maximum atomic E-state index is 11.7. The first-order chi connectivity index (χ1) is 10.1. The van der Waals surface area contributed by atoms with Crippen molar-refractivity contribution in [1.29, 1.82) is 0 Å². The van der Waals surface area contributed by atoms with E-state index in [0.717, 1.165) is 30.9 Å². The number of hydrogen-bond donors (Lipinski definition) is 0. The summed E-state index contributed by atoms with van der Waals surface area (Å²) >= 11 is 0. The van der Waals surface area contributed by atoms with Gasteiger partial charge in [-0.15, -0.1) is 0 Å². The fourth-order valence-corrected chi connectivity index (χ4v) is 3.02. The maximum absolute atomic E-state index is 11.7. The number of fused-ring (bicyclic) bond motifs is 1. The highest BCUT2D eigenvalue weighted by Gasteiger charge is 2.28. The van der Waals surface area contributed by atoms with Gasteiger partial charge in [-0.05, 0) is 38.9 Å². The number of hydrogen-bond acceptors (Lipinski definition) is 4. The second-order valence-corrected chi connectivity index (χ2v) is 5.89. The summed E-state index contributed by atoms with van der Waals surface area (Å²) in [5.41, 5.74) is 1.57. The molecule has 2 aromatic rings. The van der Waals surface area contributed by atoms with Crippen molar-refractivity contribution in [1.82, 2.24) is 14.3 Å². The van der Waals surface area contributed by atoms with Crippen LogP contribution in [-0.2, 0) is 4.74 Å². The van der Waals surface area contributed by atoms with Crippen molar-refractivity contribution < 1.29 is 9.53 Å². The average Bonchev–Trinajstić information content (AvgIpc) is 3.11. The van der Waals surface area contributed by atoms with E-state index >= 15 is 0 Å². The molecule has 1 atom stereocenters. The van der Waals surface area contributed by atoms with Crippen molar-refractivity contribution >= 4 is 11.5 Å². The lowest BCUT2D eigenvalue weighted by Gasteiger charge is -2.19. The molecule has 112 valence electrons. The first kappa shape index (κ1) is 14.1. The van der Waals surface area contributed by atoms with E-state index in [0.29, 0.717) is 17.5 Å². The molecule has 0 spiro atoms. The Morgan fingerprint density at radius 2 is 2.24 bits per heavy atom. The minimum Gasteiger partial charge on any atom is -0.465 e. The van der Waals surface area contributed by atoms with Crippen LogP contribution in [0.1, 0.15) is 42.4 Å². The number of ether oxygens (including phenoxy) is 1. The Balaban J connectivity index is 1.94. The molecule has 1 aliphatic rings. The topological polar surface area (TPSA) is 46.8 Å². The summed E-state index contributed by atoms with van der Waals surface area (Å²) in [5, 5.41) is 0. The molecule has 5 nitrogen and oxygen atoms in total. The van der Waals surface area contributed by atoms with Gasteiger partial charge in [0, 0.05) is 24.7 Å². The second kappa shape index (κ2) is 5.48. The summed E-state index contributed by atoms with van der Waals surface area (Å²) in [4.78, 5) is 18.7. The molecule has 0 amide bonds. The van der Waals surface area contributed by atoms with Crippen molar-refractivity contribution in [3.05, 3.63) is 35.9 Å². The number of aromatic nitrogens is 2. The fourth-order valence-electron chi connectivity index (χ4n) is 3.02. The number of carbonyl (C=O) groups excluding carboxylic acids is 1. The van der Waals surface area contributed by atoms with Gasteiger partial charge in [0.2, 0.25) is 0 Å². The Labute approximate surface area is 124 Å². The van der Waals surface area contributed by atoms with Crippen LogP contribution in [0.15, 0.2) is 24.5 Å².